The number of fused-ring (bicyclic) bond motifs is 1. The maximum Gasteiger partial charge on any atom is 0.126 e. The highest BCUT2D eigenvalue weighted by Gasteiger charge is 2.17. The molecule has 1 atom stereocenters. The van der Waals surface area contributed by atoms with Gasteiger partial charge in [-0.15, -0.1) is 0 Å². The van der Waals surface area contributed by atoms with Gasteiger partial charge in [-0.05, 0) is 30.0 Å². The third kappa shape index (κ3) is 2.14. The molecule has 1 aromatic carbocycles. The lowest BCUT2D eigenvalue weighted by molar-refractivity contribution is 0.352. The van der Waals surface area contributed by atoms with Crippen molar-refractivity contribution in [2.45, 2.75) is 32.2 Å². The van der Waals surface area contributed by atoms with Gasteiger partial charge in [0.1, 0.15) is 11.5 Å². The van der Waals surface area contributed by atoms with E-state index in [2.05, 4.69) is 13.0 Å². The minimum atomic E-state index is 0.203. The first-order valence-electron chi connectivity index (χ1n) is 5.82. The normalized spacial score (nSPS) is 15.4. The Labute approximate surface area is 96.5 Å². The summed E-state index contributed by atoms with van der Waals surface area (Å²) < 4.78 is 10.9. The summed E-state index contributed by atoms with van der Waals surface area (Å²) >= 11 is 0. The fraction of sp³-hybridized carbons (Fsp3) is 0.538. The average molecular weight is 221 g/mol. The zero-order chi connectivity index (χ0) is 11.5. The summed E-state index contributed by atoms with van der Waals surface area (Å²) in [4.78, 5) is 0. The second kappa shape index (κ2) is 4.74. The molecule has 1 unspecified atom stereocenters. The summed E-state index contributed by atoms with van der Waals surface area (Å²) in [5, 5.41) is 0. The van der Waals surface area contributed by atoms with Gasteiger partial charge in [-0.2, -0.15) is 0 Å². The number of benzene rings is 1. The van der Waals surface area contributed by atoms with Crippen LogP contribution in [0.5, 0.6) is 11.5 Å². The highest BCUT2D eigenvalue weighted by Crippen LogP contribution is 2.33. The SMILES string of the molecule is CCC(N)Cc1cc2c(cc1OC)OCC2. The Balaban J connectivity index is 2.28. The van der Waals surface area contributed by atoms with Gasteiger partial charge in [-0.1, -0.05) is 6.92 Å². The quantitative estimate of drug-likeness (QED) is 0.844. The minimum Gasteiger partial charge on any atom is -0.496 e. The van der Waals surface area contributed by atoms with Crippen molar-refractivity contribution in [3.8, 4) is 11.5 Å². The molecule has 0 saturated carbocycles. The minimum absolute atomic E-state index is 0.203. The molecule has 3 heteroatoms. The van der Waals surface area contributed by atoms with E-state index in [9.17, 15) is 0 Å². The van der Waals surface area contributed by atoms with Crippen LogP contribution in [0.25, 0.3) is 0 Å². The second-order valence-corrected chi connectivity index (χ2v) is 4.24. The van der Waals surface area contributed by atoms with Crippen molar-refractivity contribution in [3.63, 3.8) is 0 Å². The van der Waals surface area contributed by atoms with E-state index in [1.165, 1.54) is 11.1 Å². The molecule has 2 N–H and O–H groups in total. The largest absolute Gasteiger partial charge is 0.496 e. The number of methoxy groups -OCH3 is 1. The van der Waals surface area contributed by atoms with Crippen LogP contribution in [0.4, 0.5) is 0 Å². The van der Waals surface area contributed by atoms with Crippen molar-refractivity contribution in [1.82, 2.24) is 0 Å². The third-order valence-corrected chi connectivity index (χ3v) is 3.10. The molecule has 0 bridgehead atoms. The predicted molar refractivity (Wildman–Crippen MR) is 64.2 cm³/mol. The van der Waals surface area contributed by atoms with Crippen molar-refractivity contribution in [2.75, 3.05) is 13.7 Å². The molecule has 0 fully saturated rings. The van der Waals surface area contributed by atoms with E-state index in [0.29, 0.717) is 0 Å². The number of hydrogen-bond donors (Lipinski definition) is 1. The maximum atomic E-state index is 5.99. The van der Waals surface area contributed by atoms with Crippen molar-refractivity contribution < 1.29 is 9.47 Å². The molecular formula is C13H19NO2. The molecule has 1 aliphatic rings. The van der Waals surface area contributed by atoms with Gasteiger partial charge in [0.25, 0.3) is 0 Å². The van der Waals surface area contributed by atoms with Gasteiger partial charge in [0.2, 0.25) is 0 Å². The van der Waals surface area contributed by atoms with Crippen molar-refractivity contribution in [1.29, 1.82) is 0 Å². The molecule has 0 amide bonds. The molecule has 88 valence electrons. The van der Waals surface area contributed by atoms with Crippen LogP contribution in [-0.4, -0.2) is 19.8 Å². The van der Waals surface area contributed by atoms with Gasteiger partial charge in [0, 0.05) is 18.5 Å². The monoisotopic (exact) mass is 221 g/mol. The molecule has 0 spiro atoms. The fourth-order valence-electron chi connectivity index (χ4n) is 2.03. The second-order valence-electron chi connectivity index (χ2n) is 4.24. The van der Waals surface area contributed by atoms with Crippen molar-refractivity contribution in [3.05, 3.63) is 23.3 Å². The fourth-order valence-corrected chi connectivity index (χ4v) is 2.03. The van der Waals surface area contributed by atoms with E-state index in [1.807, 2.05) is 6.07 Å². The molecule has 3 nitrogen and oxygen atoms in total. The van der Waals surface area contributed by atoms with Gasteiger partial charge in [0.05, 0.1) is 13.7 Å². The Morgan fingerprint density at radius 2 is 2.31 bits per heavy atom. The smallest absolute Gasteiger partial charge is 0.126 e. The van der Waals surface area contributed by atoms with E-state index >= 15 is 0 Å². The van der Waals surface area contributed by atoms with Crippen LogP contribution < -0.4 is 15.2 Å². The van der Waals surface area contributed by atoms with Crippen molar-refractivity contribution in [2.24, 2.45) is 5.73 Å². The van der Waals surface area contributed by atoms with E-state index in [-0.39, 0.29) is 6.04 Å². The van der Waals surface area contributed by atoms with Gasteiger partial charge < -0.3 is 15.2 Å². The molecule has 0 aromatic heterocycles. The number of rotatable bonds is 4. The summed E-state index contributed by atoms with van der Waals surface area (Å²) in [7, 11) is 1.69. The molecule has 0 radical (unpaired) electrons. The zero-order valence-corrected chi connectivity index (χ0v) is 9.95. The van der Waals surface area contributed by atoms with Crippen LogP contribution in [0.2, 0.25) is 0 Å². The van der Waals surface area contributed by atoms with Crippen LogP contribution in [0.1, 0.15) is 24.5 Å². The summed E-state index contributed by atoms with van der Waals surface area (Å²) in [5.41, 5.74) is 8.46. The number of hydrogen-bond acceptors (Lipinski definition) is 3. The highest BCUT2D eigenvalue weighted by molar-refractivity contribution is 5.48. The van der Waals surface area contributed by atoms with Crippen molar-refractivity contribution >= 4 is 0 Å². The number of nitrogens with two attached hydrogens (primary N) is 1. The summed E-state index contributed by atoms with van der Waals surface area (Å²) in [5.74, 6) is 1.86. The van der Waals surface area contributed by atoms with Crippen LogP contribution >= 0.6 is 0 Å². The lowest BCUT2D eigenvalue weighted by atomic mass is 10.0. The van der Waals surface area contributed by atoms with Gasteiger partial charge in [-0.25, -0.2) is 0 Å². The van der Waals surface area contributed by atoms with E-state index in [4.69, 9.17) is 15.2 Å². The van der Waals surface area contributed by atoms with E-state index < -0.39 is 0 Å². The molecule has 1 heterocycles. The summed E-state index contributed by atoms with van der Waals surface area (Å²) in [6, 6.07) is 4.37. The molecule has 0 aliphatic carbocycles. The Bertz CT molecular complexity index is 376. The van der Waals surface area contributed by atoms with Crippen LogP contribution in [0.15, 0.2) is 12.1 Å². The van der Waals surface area contributed by atoms with E-state index in [1.54, 1.807) is 7.11 Å². The Morgan fingerprint density at radius 3 is 3.00 bits per heavy atom. The Kier molecular flexibility index (Phi) is 3.34. The lowest BCUT2D eigenvalue weighted by Gasteiger charge is -2.14. The topological polar surface area (TPSA) is 44.5 Å². The predicted octanol–water partition coefficient (Wildman–Crippen LogP) is 1.91. The first kappa shape index (κ1) is 11.3. The Morgan fingerprint density at radius 1 is 1.50 bits per heavy atom. The lowest BCUT2D eigenvalue weighted by Crippen LogP contribution is -2.21. The van der Waals surface area contributed by atoms with Gasteiger partial charge in [0.15, 0.2) is 0 Å². The maximum absolute atomic E-state index is 5.99. The van der Waals surface area contributed by atoms with Gasteiger partial charge >= 0.3 is 0 Å². The molecular weight excluding hydrogens is 202 g/mol. The first-order chi connectivity index (χ1) is 7.74. The molecule has 2 rings (SSSR count). The average Bonchev–Trinajstić information content (AvgIpc) is 2.74. The van der Waals surface area contributed by atoms with E-state index in [0.717, 1.165) is 37.4 Å². The first-order valence-corrected chi connectivity index (χ1v) is 5.82. The molecule has 1 aliphatic heterocycles. The summed E-state index contributed by atoms with van der Waals surface area (Å²) in [6.07, 6.45) is 2.84. The van der Waals surface area contributed by atoms with Gasteiger partial charge in [-0.3, -0.25) is 0 Å². The summed E-state index contributed by atoms with van der Waals surface area (Å²) in [6.45, 7) is 2.88. The highest BCUT2D eigenvalue weighted by atomic mass is 16.5. The standard InChI is InChI=1S/C13H19NO2/c1-3-11(14)7-10-6-9-4-5-16-13(9)8-12(10)15-2/h6,8,11H,3-5,7,14H2,1-2H3. The zero-order valence-electron chi connectivity index (χ0n) is 9.95. The van der Waals surface area contributed by atoms with Crippen LogP contribution in [0, 0.1) is 0 Å². The van der Waals surface area contributed by atoms with Crippen LogP contribution in [0.3, 0.4) is 0 Å². The molecule has 1 aromatic rings. The number of ether oxygens (including phenoxy) is 2. The Hall–Kier alpha value is -1.22. The van der Waals surface area contributed by atoms with Crippen LogP contribution in [-0.2, 0) is 12.8 Å². The molecule has 16 heavy (non-hydrogen) atoms. The molecule has 0 saturated heterocycles. The third-order valence-electron chi connectivity index (χ3n) is 3.10.